The summed E-state index contributed by atoms with van der Waals surface area (Å²) in [5.41, 5.74) is 10.7. The fourth-order valence-corrected chi connectivity index (χ4v) is 4.43. The van der Waals surface area contributed by atoms with Crippen molar-refractivity contribution in [1.29, 1.82) is 0 Å². The van der Waals surface area contributed by atoms with Crippen LogP contribution in [0.4, 0.5) is 0 Å². The average Bonchev–Trinajstić information content (AvgIpc) is 3.01. The van der Waals surface area contributed by atoms with Crippen molar-refractivity contribution in [3.63, 3.8) is 0 Å². The molecule has 0 radical (unpaired) electrons. The standard InChI is InChI=1S/C24H24O4.C16H18O/c1-15-5-7-19(13-17(15)3)23(25)27-21-9-11-22(12-10-21)28-24(26)20-8-6-16(2)18(4)14-20;1-11-5-7-15(9-13(11)3)17-16-8-6-12(2)14(4)10-16/h5-14,23,25H,1-4H3;5-10H,1-4H3. The monoisotopic (exact) mass is 602 g/mol. The molecule has 5 aromatic rings. The van der Waals surface area contributed by atoms with Gasteiger partial charge < -0.3 is 19.3 Å². The summed E-state index contributed by atoms with van der Waals surface area (Å²) in [6, 6.07) is 30.1. The van der Waals surface area contributed by atoms with Crippen LogP contribution in [0.1, 0.15) is 66.7 Å². The molecule has 1 atom stereocenters. The largest absolute Gasteiger partial charge is 0.461 e. The lowest BCUT2D eigenvalue weighted by atomic mass is 10.1. The van der Waals surface area contributed by atoms with Gasteiger partial charge in [0.2, 0.25) is 6.29 Å². The minimum atomic E-state index is -1.07. The molecule has 0 aromatic heterocycles. The van der Waals surface area contributed by atoms with Crippen LogP contribution in [-0.4, -0.2) is 11.1 Å². The molecule has 5 nitrogen and oxygen atoms in total. The second-order valence-electron chi connectivity index (χ2n) is 11.6. The second-order valence-corrected chi connectivity index (χ2v) is 11.6. The summed E-state index contributed by atoms with van der Waals surface area (Å²) in [4.78, 5) is 12.3. The Labute approximate surface area is 267 Å². The summed E-state index contributed by atoms with van der Waals surface area (Å²) < 4.78 is 16.8. The summed E-state index contributed by atoms with van der Waals surface area (Å²) in [5, 5.41) is 10.3. The first-order valence-corrected chi connectivity index (χ1v) is 15.0. The first kappa shape index (κ1) is 33.0. The van der Waals surface area contributed by atoms with Crippen LogP contribution in [0.5, 0.6) is 23.0 Å². The van der Waals surface area contributed by atoms with Crippen molar-refractivity contribution in [2.75, 3.05) is 0 Å². The van der Waals surface area contributed by atoms with Crippen molar-refractivity contribution >= 4 is 5.97 Å². The highest BCUT2D eigenvalue weighted by molar-refractivity contribution is 5.91. The van der Waals surface area contributed by atoms with Crippen LogP contribution >= 0.6 is 0 Å². The minimum absolute atomic E-state index is 0.410. The van der Waals surface area contributed by atoms with Crippen molar-refractivity contribution in [2.45, 2.75) is 61.7 Å². The Morgan fingerprint density at radius 1 is 0.489 bits per heavy atom. The lowest BCUT2D eigenvalue weighted by molar-refractivity contribution is -0.0195. The SMILES string of the molecule is Cc1ccc(C(=O)Oc2ccc(OC(O)c3ccc(C)c(C)c3)cc2)cc1C.Cc1ccc(Oc2ccc(C)c(C)c2)cc1C. The Balaban J connectivity index is 0.000000231. The minimum Gasteiger partial charge on any atom is -0.461 e. The third-order valence-corrected chi connectivity index (χ3v) is 8.03. The van der Waals surface area contributed by atoms with E-state index < -0.39 is 12.3 Å². The van der Waals surface area contributed by atoms with Gasteiger partial charge in [-0.2, -0.15) is 0 Å². The normalized spacial score (nSPS) is 11.2. The van der Waals surface area contributed by atoms with Gasteiger partial charge in [0.15, 0.2) is 0 Å². The zero-order chi connectivity index (χ0) is 32.7. The van der Waals surface area contributed by atoms with E-state index in [-0.39, 0.29) is 0 Å². The van der Waals surface area contributed by atoms with Gasteiger partial charge in [-0.1, -0.05) is 30.3 Å². The molecular formula is C40H42O5. The molecule has 0 spiro atoms. The van der Waals surface area contributed by atoms with Crippen LogP contribution in [0.15, 0.2) is 97.1 Å². The van der Waals surface area contributed by atoms with Crippen LogP contribution in [0.25, 0.3) is 0 Å². The molecule has 0 saturated carbocycles. The first-order valence-electron chi connectivity index (χ1n) is 15.0. The molecule has 45 heavy (non-hydrogen) atoms. The molecule has 5 aromatic carbocycles. The molecule has 232 valence electrons. The fourth-order valence-electron chi connectivity index (χ4n) is 4.43. The van der Waals surface area contributed by atoms with Gasteiger partial charge in [-0.25, -0.2) is 4.79 Å². The highest BCUT2D eigenvalue weighted by Crippen LogP contribution is 2.26. The van der Waals surface area contributed by atoms with E-state index in [0.29, 0.717) is 22.6 Å². The van der Waals surface area contributed by atoms with Gasteiger partial charge in [0.25, 0.3) is 0 Å². The topological polar surface area (TPSA) is 65.0 Å². The van der Waals surface area contributed by atoms with Gasteiger partial charge in [0.1, 0.15) is 23.0 Å². The maximum atomic E-state index is 12.3. The maximum absolute atomic E-state index is 12.3. The molecule has 0 fully saturated rings. The zero-order valence-electron chi connectivity index (χ0n) is 27.4. The summed E-state index contributed by atoms with van der Waals surface area (Å²) in [5.74, 6) is 2.28. The Hall–Kier alpha value is -4.87. The van der Waals surface area contributed by atoms with Crippen molar-refractivity contribution in [3.05, 3.63) is 153 Å². The number of carbonyl (C=O) groups excluding carboxylic acids is 1. The van der Waals surface area contributed by atoms with Gasteiger partial charge in [-0.15, -0.1) is 0 Å². The maximum Gasteiger partial charge on any atom is 0.343 e. The number of carbonyl (C=O) groups is 1. The molecule has 0 aliphatic heterocycles. The number of aliphatic hydroxyl groups is 1. The van der Waals surface area contributed by atoms with E-state index >= 15 is 0 Å². The van der Waals surface area contributed by atoms with Gasteiger partial charge in [0, 0.05) is 5.56 Å². The van der Waals surface area contributed by atoms with Crippen LogP contribution < -0.4 is 14.2 Å². The van der Waals surface area contributed by atoms with Crippen LogP contribution in [-0.2, 0) is 0 Å². The highest BCUT2D eigenvalue weighted by atomic mass is 16.6. The van der Waals surface area contributed by atoms with Gasteiger partial charge in [-0.05, 0) is 167 Å². The van der Waals surface area contributed by atoms with Gasteiger partial charge in [0.05, 0.1) is 5.56 Å². The number of benzene rings is 5. The number of aryl methyl sites for hydroxylation is 8. The van der Waals surface area contributed by atoms with E-state index in [1.165, 1.54) is 22.3 Å². The summed E-state index contributed by atoms with van der Waals surface area (Å²) >= 11 is 0. The smallest absolute Gasteiger partial charge is 0.343 e. The molecule has 5 heteroatoms. The van der Waals surface area contributed by atoms with Crippen molar-refractivity contribution in [2.24, 2.45) is 0 Å². The first-order chi connectivity index (χ1) is 21.4. The second kappa shape index (κ2) is 14.7. The van der Waals surface area contributed by atoms with Gasteiger partial charge >= 0.3 is 5.97 Å². The fraction of sp³-hybridized carbons (Fsp3) is 0.225. The lowest BCUT2D eigenvalue weighted by Crippen LogP contribution is -2.09. The quantitative estimate of drug-likeness (QED) is 0.114. The number of aliphatic hydroxyl groups excluding tert-OH is 1. The Morgan fingerprint density at radius 3 is 1.40 bits per heavy atom. The predicted octanol–water partition coefficient (Wildman–Crippen LogP) is 9.92. The Bertz CT molecular complexity index is 1740. The van der Waals surface area contributed by atoms with Crippen molar-refractivity contribution < 1.29 is 24.1 Å². The van der Waals surface area contributed by atoms with Crippen LogP contribution in [0.2, 0.25) is 0 Å². The van der Waals surface area contributed by atoms with E-state index in [4.69, 9.17) is 14.2 Å². The molecule has 0 aliphatic rings. The van der Waals surface area contributed by atoms with E-state index in [0.717, 1.165) is 33.8 Å². The van der Waals surface area contributed by atoms with Crippen LogP contribution in [0.3, 0.4) is 0 Å². The number of hydrogen-bond donors (Lipinski definition) is 1. The summed E-state index contributed by atoms with van der Waals surface area (Å²) in [6.07, 6.45) is -1.07. The molecule has 0 bridgehead atoms. The lowest BCUT2D eigenvalue weighted by Gasteiger charge is -2.15. The molecule has 0 aliphatic carbocycles. The molecule has 5 rings (SSSR count). The summed E-state index contributed by atoms with van der Waals surface area (Å²) in [7, 11) is 0. The summed E-state index contributed by atoms with van der Waals surface area (Å²) in [6.45, 7) is 16.4. The van der Waals surface area contributed by atoms with Crippen LogP contribution in [0, 0.1) is 55.4 Å². The highest BCUT2D eigenvalue weighted by Gasteiger charge is 2.12. The third kappa shape index (κ3) is 9.07. The number of hydrogen-bond acceptors (Lipinski definition) is 5. The van der Waals surface area contributed by atoms with E-state index in [1.807, 2.05) is 70.2 Å². The molecule has 0 amide bonds. The molecule has 1 N–H and O–H groups in total. The van der Waals surface area contributed by atoms with E-state index in [9.17, 15) is 9.90 Å². The number of ether oxygens (including phenoxy) is 3. The molecule has 1 unspecified atom stereocenters. The number of rotatable bonds is 7. The molecule has 0 heterocycles. The van der Waals surface area contributed by atoms with E-state index in [2.05, 4.69) is 52.0 Å². The molecular weight excluding hydrogens is 560 g/mol. The average molecular weight is 603 g/mol. The van der Waals surface area contributed by atoms with Crippen molar-refractivity contribution in [1.82, 2.24) is 0 Å². The van der Waals surface area contributed by atoms with Gasteiger partial charge in [-0.3, -0.25) is 0 Å². The Kier molecular flexibility index (Phi) is 10.8. The third-order valence-electron chi connectivity index (χ3n) is 8.03. The Morgan fingerprint density at radius 2 is 0.911 bits per heavy atom. The van der Waals surface area contributed by atoms with E-state index in [1.54, 1.807) is 30.3 Å². The van der Waals surface area contributed by atoms with Crippen molar-refractivity contribution in [3.8, 4) is 23.0 Å². The zero-order valence-corrected chi connectivity index (χ0v) is 27.4. The predicted molar refractivity (Wildman–Crippen MR) is 181 cm³/mol. The molecule has 0 saturated heterocycles. The number of esters is 1.